The SMILES string of the molecule is COc1ccc(C)cc1NC(=O)c1cc(I)ccc1O. The normalized spacial score (nSPS) is 10.2. The predicted molar refractivity (Wildman–Crippen MR) is 86.5 cm³/mol. The third-order valence-corrected chi connectivity index (χ3v) is 3.48. The maximum Gasteiger partial charge on any atom is 0.259 e. The lowest BCUT2D eigenvalue weighted by Crippen LogP contribution is -2.13. The van der Waals surface area contributed by atoms with Gasteiger partial charge < -0.3 is 15.2 Å². The number of nitrogens with one attached hydrogen (secondary N) is 1. The second-order valence-electron chi connectivity index (χ2n) is 4.32. The van der Waals surface area contributed by atoms with Crippen molar-refractivity contribution < 1.29 is 14.6 Å². The summed E-state index contributed by atoms with van der Waals surface area (Å²) in [5, 5.41) is 12.5. The zero-order chi connectivity index (χ0) is 14.7. The molecule has 0 saturated carbocycles. The Morgan fingerprint density at radius 2 is 2.00 bits per heavy atom. The maximum absolute atomic E-state index is 12.2. The molecule has 0 aliphatic carbocycles. The fourth-order valence-electron chi connectivity index (χ4n) is 1.80. The van der Waals surface area contributed by atoms with Crippen molar-refractivity contribution in [1.82, 2.24) is 0 Å². The number of phenols is 1. The number of aryl methyl sites for hydroxylation is 1. The third-order valence-electron chi connectivity index (χ3n) is 2.81. The summed E-state index contributed by atoms with van der Waals surface area (Å²) < 4.78 is 6.09. The maximum atomic E-state index is 12.2. The highest BCUT2D eigenvalue weighted by atomic mass is 127. The number of carbonyl (C=O) groups excluding carboxylic acids is 1. The highest BCUT2D eigenvalue weighted by molar-refractivity contribution is 14.1. The molecule has 0 heterocycles. The molecule has 2 rings (SSSR count). The van der Waals surface area contributed by atoms with Crippen LogP contribution in [0, 0.1) is 10.5 Å². The van der Waals surface area contributed by atoms with Crippen molar-refractivity contribution in [3.8, 4) is 11.5 Å². The Morgan fingerprint density at radius 1 is 1.25 bits per heavy atom. The Hall–Kier alpha value is -1.76. The van der Waals surface area contributed by atoms with E-state index < -0.39 is 0 Å². The van der Waals surface area contributed by atoms with Gasteiger partial charge >= 0.3 is 0 Å². The first kappa shape index (κ1) is 14.6. The van der Waals surface area contributed by atoms with E-state index in [1.54, 1.807) is 25.3 Å². The third kappa shape index (κ3) is 3.22. The molecule has 0 bridgehead atoms. The van der Waals surface area contributed by atoms with Gasteiger partial charge in [-0.05, 0) is 65.4 Å². The van der Waals surface area contributed by atoms with E-state index in [9.17, 15) is 9.90 Å². The molecule has 0 aliphatic rings. The molecule has 104 valence electrons. The number of benzene rings is 2. The van der Waals surface area contributed by atoms with Crippen LogP contribution in [0.4, 0.5) is 5.69 Å². The van der Waals surface area contributed by atoms with Crippen LogP contribution < -0.4 is 10.1 Å². The molecule has 0 radical (unpaired) electrons. The van der Waals surface area contributed by atoms with Crippen LogP contribution in [0.3, 0.4) is 0 Å². The van der Waals surface area contributed by atoms with Crippen LogP contribution in [0.2, 0.25) is 0 Å². The number of hydrogen-bond donors (Lipinski definition) is 2. The lowest BCUT2D eigenvalue weighted by Gasteiger charge is -2.12. The minimum absolute atomic E-state index is 0.0467. The van der Waals surface area contributed by atoms with Crippen LogP contribution in [0.1, 0.15) is 15.9 Å². The fraction of sp³-hybridized carbons (Fsp3) is 0.133. The van der Waals surface area contributed by atoms with Crippen LogP contribution in [0.15, 0.2) is 36.4 Å². The van der Waals surface area contributed by atoms with Crippen molar-refractivity contribution in [2.24, 2.45) is 0 Å². The van der Waals surface area contributed by atoms with E-state index in [-0.39, 0.29) is 17.2 Å². The zero-order valence-corrected chi connectivity index (χ0v) is 13.3. The van der Waals surface area contributed by atoms with Gasteiger partial charge in [0, 0.05) is 3.57 Å². The van der Waals surface area contributed by atoms with Crippen LogP contribution >= 0.6 is 22.6 Å². The van der Waals surface area contributed by atoms with Crippen LogP contribution in [-0.4, -0.2) is 18.1 Å². The molecule has 0 aliphatic heterocycles. The standard InChI is InChI=1S/C15H14INO3/c1-9-3-6-14(20-2)12(7-9)17-15(19)11-8-10(16)4-5-13(11)18/h3-8,18H,1-2H3,(H,17,19). The van der Waals surface area contributed by atoms with E-state index in [1.807, 2.05) is 19.1 Å². The number of ether oxygens (including phenoxy) is 1. The summed E-state index contributed by atoms with van der Waals surface area (Å²) >= 11 is 2.09. The first-order valence-corrected chi connectivity index (χ1v) is 7.03. The molecular formula is C15H14INO3. The number of rotatable bonds is 3. The number of amides is 1. The Kier molecular flexibility index (Phi) is 4.49. The van der Waals surface area contributed by atoms with Gasteiger partial charge in [-0.3, -0.25) is 4.79 Å². The van der Waals surface area contributed by atoms with Crippen LogP contribution in [0.5, 0.6) is 11.5 Å². The first-order chi connectivity index (χ1) is 9.51. The quantitative estimate of drug-likeness (QED) is 0.797. The molecule has 2 N–H and O–H groups in total. The minimum atomic E-state index is -0.370. The second-order valence-corrected chi connectivity index (χ2v) is 5.56. The van der Waals surface area contributed by atoms with E-state index in [0.29, 0.717) is 11.4 Å². The monoisotopic (exact) mass is 383 g/mol. The number of methoxy groups -OCH3 is 1. The highest BCUT2D eigenvalue weighted by Crippen LogP contribution is 2.27. The Morgan fingerprint density at radius 3 is 2.70 bits per heavy atom. The molecule has 0 atom stereocenters. The summed E-state index contributed by atoms with van der Waals surface area (Å²) in [6, 6.07) is 10.4. The molecule has 0 saturated heterocycles. The Bertz CT molecular complexity index is 656. The highest BCUT2D eigenvalue weighted by Gasteiger charge is 2.14. The zero-order valence-electron chi connectivity index (χ0n) is 11.1. The molecule has 1 amide bonds. The van der Waals surface area contributed by atoms with E-state index in [2.05, 4.69) is 27.9 Å². The van der Waals surface area contributed by atoms with Crippen LogP contribution in [-0.2, 0) is 0 Å². The first-order valence-electron chi connectivity index (χ1n) is 5.96. The van der Waals surface area contributed by atoms with Crippen LogP contribution in [0.25, 0.3) is 0 Å². The molecule has 2 aromatic carbocycles. The van der Waals surface area contributed by atoms with Crippen molar-refractivity contribution in [1.29, 1.82) is 0 Å². The predicted octanol–water partition coefficient (Wildman–Crippen LogP) is 3.57. The fourth-order valence-corrected chi connectivity index (χ4v) is 2.29. The van der Waals surface area contributed by atoms with Gasteiger partial charge in [-0.15, -0.1) is 0 Å². The molecule has 0 unspecified atom stereocenters. The lowest BCUT2D eigenvalue weighted by molar-refractivity contribution is 0.102. The molecule has 5 heteroatoms. The summed E-state index contributed by atoms with van der Waals surface area (Å²) in [6.07, 6.45) is 0. The van der Waals surface area contributed by atoms with E-state index in [0.717, 1.165) is 9.13 Å². The van der Waals surface area contributed by atoms with Gasteiger partial charge in [0.05, 0.1) is 18.4 Å². The van der Waals surface area contributed by atoms with Crippen molar-refractivity contribution >= 4 is 34.2 Å². The van der Waals surface area contributed by atoms with Crippen molar-refractivity contribution in [2.75, 3.05) is 12.4 Å². The van der Waals surface area contributed by atoms with Gasteiger partial charge in [0.25, 0.3) is 5.91 Å². The van der Waals surface area contributed by atoms with Gasteiger partial charge in [0.1, 0.15) is 11.5 Å². The molecule has 4 nitrogen and oxygen atoms in total. The molecule has 2 aromatic rings. The molecule has 20 heavy (non-hydrogen) atoms. The number of aromatic hydroxyl groups is 1. The second kappa shape index (κ2) is 6.13. The average Bonchev–Trinajstić information content (AvgIpc) is 2.41. The van der Waals surface area contributed by atoms with Gasteiger partial charge in [-0.1, -0.05) is 6.07 Å². The summed E-state index contributed by atoms with van der Waals surface area (Å²) in [5.74, 6) is 0.161. The van der Waals surface area contributed by atoms with Gasteiger partial charge in [0.2, 0.25) is 0 Å². The Balaban J connectivity index is 2.32. The number of hydrogen-bond acceptors (Lipinski definition) is 3. The molecule has 0 aromatic heterocycles. The lowest BCUT2D eigenvalue weighted by atomic mass is 10.1. The summed E-state index contributed by atoms with van der Waals surface area (Å²) in [5.41, 5.74) is 1.82. The molecular weight excluding hydrogens is 369 g/mol. The summed E-state index contributed by atoms with van der Waals surface area (Å²) in [6.45, 7) is 1.93. The Labute approximate surface area is 130 Å². The van der Waals surface area contributed by atoms with E-state index in [1.165, 1.54) is 6.07 Å². The van der Waals surface area contributed by atoms with Gasteiger partial charge in [-0.25, -0.2) is 0 Å². The minimum Gasteiger partial charge on any atom is -0.507 e. The molecule has 0 fully saturated rings. The van der Waals surface area contributed by atoms with Crippen molar-refractivity contribution in [2.45, 2.75) is 6.92 Å². The van der Waals surface area contributed by atoms with Gasteiger partial charge in [-0.2, -0.15) is 0 Å². The van der Waals surface area contributed by atoms with Gasteiger partial charge in [0.15, 0.2) is 0 Å². The molecule has 0 spiro atoms. The summed E-state index contributed by atoms with van der Waals surface area (Å²) in [4.78, 5) is 12.2. The number of carbonyl (C=O) groups is 1. The average molecular weight is 383 g/mol. The van der Waals surface area contributed by atoms with E-state index >= 15 is 0 Å². The van der Waals surface area contributed by atoms with Crippen molar-refractivity contribution in [3.05, 3.63) is 51.1 Å². The topological polar surface area (TPSA) is 58.6 Å². The van der Waals surface area contributed by atoms with Crippen molar-refractivity contribution in [3.63, 3.8) is 0 Å². The largest absolute Gasteiger partial charge is 0.507 e. The number of phenolic OH excluding ortho intramolecular Hbond substituents is 1. The summed E-state index contributed by atoms with van der Waals surface area (Å²) in [7, 11) is 1.54. The van der Waals surface area contributed by atoms with E-state index in [4.69, 9.17) is 4.74 Å². The smallest absolute Gasteiger partial charge is 0.259 e. The number of anilines is 1. The number of halogens is 1.